The lowest BCUT2D eigenvalue weighted by Crippen LogP contribution is -2.22. The summed E-state index contributed by atoms with van der Waals surface area (Å²) in [7, 11) is 1.89. The van der Waals surface area contributed by atoms with Crippen LogP contribution in [0.3, 0.4) is 0 Å². The number of esters is 2. The summed E-state index contributed by atoms with van der Waals surface area (Å²) in [5.74, 6) is -0.742. The van der Waals surface area contributed by atoms with E-state index in [0.717, 1.165) is 5.69 Å². The number of aryl methyl sites for hydroxylation is 1. The molecular formula is C12H18N2O4. The van der Waals surface area contributed by atoms with E-state index in [0.29, 0.717) is 6.42 Å². The van der Waals surface area contributed by atoms with Crippen molar-refractivity contribution in [1.82, 2.24) is 9.55 Å². The first kappa shape index (κ1) is 14.2. The summed E-state index contributed by atoms with van der Waals surface area (Å²) in [6.07, 6.45) is 4.08. The molecule has 0 radical (unpaired) electrons. The Morgan fingerprint density at radius 3 is 2.22 bits per heavy atom. The van der Waals surface area contributed by atoms with E-state index in [1.807, 2.05) is 11.6 Å². The van der Waals surface area contributed by atoms with Gasteiger partial charge in [0.15, 0.2) is 0 Å². The summed E-state index contributed by atoms with van der Waals surface area (Å²) in [5, 5.41) is 0. The predicted molar refractivity (Wildman–Crippen MR) is 63.7 cm³/mol. The standard InChI is InChI=1S/C12H18N2O4/c1-9(15)17-6-11(7-18-10(2)16)4-12-5-13-8-14(12)3/h5,8,11H,4,6-7H2,1-3H3. The summed E-state index contributed by atoms with van der Waals surface area (Å²) in [6, 6.07) is 0. The topological polar surface area (TPSA) is 70.4 Å². The first-order valence-corrected chi connectivity index (χ1v) is 5.71. The Balaban J connectivity index is 2.55. The Kier molecular flexibility index (Phi) is 5.35. The number of nitrogens with zero attached hydrogens (tertiary/aromatic N) is 2. The first-order chi connectivity index (χ1) is 8.49. The smallest absolute Gasteiger partial charge is 0.302 e. The highest BCUT2D eigenvalue weighted by molar-refractivity contribution is 5.66. The van der Waals surface area contributed by atoms with Crippen molar-refractivity contribution in [3.8, 4) is 0 Å². The number of rotatable bonds is 6. The Bertz CT molecular complexity index is 396. The average molecular weight is 254 g/mol. The molecule has 0 amide bonds. The van der Waals surface area contributed by atoms with Crippen molar-refractivity contribution >= 4 is 11.9 Å². The lowest BCUT2D eigenvalue weighted by atomic mass is 10.1. The molecule has 6 heteroatoms. The van der Waals surface area contributed by atoms with Crippen LogP contribution in [-0.4, -0.2) is 34.7 Å². The molecule has 100 valence electrons. The van der Waals surface area contributed by atoms with Crippen molar-refractivity contribution in [2.24, 2.45) is 13.0 Å². The number of hydrogen-bond acceptors (Lipinski definition) is 5. The van der Waals surface area contributed by atoms with Gasteiger partial charge >= 0.3 is 11.9 Å². The molecule has 18 heavy (non-hydrogen) atoms. The Morgan fingerprint density at radius 1 is 1.28 bits per heavy atom. The lowest BCUT2D eigenvalue weighted by molar-refractivity contribution is -0.146. The number of carbonyl (C=O) groups is 2. The maximum Gasteiger partial charge on any atom is 0.302 e. The third-order valence-corrected chi connectivity index (χ3v) is 2.46. The fourth-order valence-electron chi connectivity index (χ4n) is 1.51. The van der Waals surface area contributed by atoms with E-state index in [9.17, 15) is 9.59 Å². The van der Waals surface area contributed by atoms with Crippen molar-refractivity contribution in [3.63, 3.8) is 0 Å². The van der Waals surface area contributed by atoms with Gasteiger partial charge in [-0.25, -0.2) is 4.98 Å². The van der Waals surface area contributed by atoms with Gasteiger partial charge < -0.3 is 14.0 Å². The Hall–Kier alpha value is -1.85. The average Bonchev–Trinajstić information content (AvgIpc) is 2.68. The molecule has 0 aromatic carbocycles. The van der Waals surface area contributed by atoms with Crippen LogP contribution in [0.15, 0.2) is 12.5 Å². The molecule has 0 aliphatic heterocycles. The second-order valence-electron chi connectivity index (χ2n) is 4.17. The zero-order valence-corrected chi connectivity index (χ0v) is 10.9. The van der Waals surface area contributed by atoms with Gasteiger partial charge in [0.1, 0.15) is 0 Å². The van der Waals surface area contributed by atoms with Crippen LogP contribution in [0.4, 0.5) is 0 Å². The van der Waals surface area contributed by atoms with Gasteiger partial charge in [-0.05, 0) is 6.42 Å². The molecule has 0 fully saturated rings. The van der Waals surface area contributed by atoms with Gasteiger partial charge in [-0.15, -0.1) is 0 Å². The largest absolute Gasteiger partial charge is 0.465 e. The molecule has 0 bridgehead atoms. The molecule has 1 aromatic rings. The molecule has 1 aromatic heterocycles. The quantitative estimate of drug-likeness (QED) is 0.699. The fraction of sp³-hybridized carbons (Fsp3) is 0.583. The molecule has 1 rings (SSSR count). The van der Waals surface area contributed by atoms with E-state index < -0.39 is 0 Å². The summed E-state index contributed by atoms with van der Waals surface area (Å²) >= 11 is 0. The highest BCUT2D eigenvalue weighted by Gasteiger charge is 2.15. The van der Waals surface area contributed by atoms with E-state index in [1.54, 1.807) is 12.5 Å². The fourth-order valence-corrected chi connectivity index (χ4v) is 1.51. The minimum Gasteiger partial charge on any atom is -0.465 e. The molecule has 0 saturated heterocycles. The summed E-state index contributed by atoms with van der Waals surface area (Å²) in [6.45, 7) is 3.17. The van der Waals surface area contributed by atoms with Crippen LogP contribution in [0.1, 0.15) is 19.5 Å². The van der Waals surface area contributed by atoms with Crippen molar-refractivity contribution in [3.05, 3.63) is 18.2 Å². The number of carbonyl (C=O) groups excluding carboxylic acids is 2. The molecule has 0 unspecified atom stereocenters. The maximum absolute atomic E-state index is 10.8. The van der Waals surface area contributed by atoms with Crippen LogP contribution in [0, 0.1) is 5.92 Å². The van der Waals surface area contributed by atoms with E-state index in [4.69, 9.17) is 9.47 Å². The molecule has 0 aliphatic carbocycles. The monoisotopic (exact) mass is 254 g/mol. The molecule has 0 atom stereocenters. The molecule has 0 aliphatic rings. The van der Waals surface area contributed by atoms with Gasteiger partial charge in [-0.2, -0.15) is 0 Å². The van der Waals surface area contributed by atoms with Crippen LogP contribution in [-0.2, 0) is 32.5 Å². The van der Waals surface area contributed by atoms with E-state index >= 15 is 0 Å². The minimum absolute atomic E-state index is 0.0619. The van der Waals surface area contributed by atoms with Crippen molar-refractivity contribution in [1.29, 1.82) is 0 Å². The van der Waals surface area contributed by atoms with Crippen molar-refractivity contribution < 1.29 is 19.1 Å². The highest BCUT2D eigenvalue weighted by atomic mass is 16.5. The SMILES string of the molecule is CC(=O)OCC(COC(C)=O)Cc1cncn1C. The first-order valence-electron chi connectivity index (χ1n) is 5.71. The molecular weight excluding hydrogens is 236 g/mol. The molecule has 0 spiro atoms. The van der Waals surface area contributed by atoms with E-state index in [1.165, 1.54) is 13.8 Å². The Labute approximate surface area is 106 Å². The van der Waals surface area contributed by atoms with Crippen LogP contribution in [0.2, 0.25) is 0 Å². The second-order valence-corrected chi connectivity index (χ2v) is 4.17. The Morgan fingerprint density at radius 2 is 1.83 bits per heavy atom. The highest BCUT2D eigenvalue weighted by Crippen LogP contribution is 2.09. The van der Waals surface area contributed by atoms with E-state index in [-0.39, 0.29) is 31.1 Å². The van der Waals surface area contributed by atoms with Crippen LogP contribution in [0.25, 0.3) is 0 Å². The predicted octanol–water partition coefficient (Wildman–Crippen LogP) is 0.705. The number of ether oxygens (including phenoxy) is 2. The number of aromatic nitrogens is 2. The second kappa shape index (κ2) is 6.78. The normalized spacial score (nSPS) is 10.4. The van der Waals surface area contributed by atoms with E-state index in [2.05, 4.69) is 4.98 Å². The van der Waals surface area contributed by atoms with Crippen LogP contribution < -0.4 is 0 Å². The van der Waals surface area contributed by atoms with Crippen LogP contribution >= 0.6 is 0 Å². The molecule has 0 N–H and O–H groups in total. The third-order valence-electron chi connectivity index (χ3n) is 2.46. The number of imidazole rings is 1. The summed E-state index contributed by atoms with van der Waals surface area (Å²) in [5.41, 5.74) is 0.999. The summed E-state index contributed by atoms with van der Waals surface area (Å²) < 4.78 is 11.8. The lowest BCUT2D eigenvalue weighted by Gasteiger charge is -2.16. The van der Waals surface area contributed by atoms with Gasteiger partial charge in [0.25, 0.3) is 0 Å². The maximum atomic E-state index is 10.8. The third kappa shape index (κ3) is 4.99. The van der Waals surface area contributed by atoms with Gasteiger partial charge in [-0.3, -0.25) is 9.59 Å². The molecule has 6 nitrogen and oxygen atoms in total. The molecule has 1 heterocycles. The zero-order chi connectivity index (χ0) is 13.5. The van der Waals surface area contributed by atoms with Gasteiger partial charge in [0, 0.05) is 38.7 Å². The zero-order valence-electron chi connectivity index (χ0n) is 10.9. The van der Waals surface area contributed by atoms with Gasteiger partial charge in [-0.1, -0.05) is 0 Å². The number of hydrogen-bond donors (Lipinski definition) is 0. The van der Waals surface area contributed by atoms with Gasteiger partial charge in [0.05, 0.1) is 19.5 Å². The van der Waals surface area contributed by atoms with Gasteiger partial charge in [0.2, 0.25) is 0 Å². The van der Waals surface area contributed by atoms with Crippen LogP contribution in [0.5, 0.6) is 0 Å². The summed E-state index contributed by atoms with van der Waals surface area (Å²) in [4.78, 5) is 25.6. The van der Waals surface area contributed by atoms with Crippen molar-refractivity contribution in [2.75, 3.05) is 13.2 Å². The van der Waals surface area contributed by atoms with Crippen molar-refractivity contribution in [2.45, 2.75) is 20.3 Å². The molecule has 0 saturated carbocycles. The minimum atomic E-state index is -0.340.